The largest absolute Gasteiger partial charge is 0.487 e. The number of benzene rings is 3. The van der Waals surface area contributed by atoms with Crippen molar-refractivity contribution in [2.75, 3.05) is 0 Å². The molecule has 2 heterocycles. The fraction of sp³-hybridized carbons (Fsp3) is 0.0769. The van der Waals surface area contributed by atoms with E-state index < -0.39 is 0 Å². The average molecular weight is 389 g/mol. The summed E-state index contributed by atoms with van der Waals surface area (Å²) in [4.78, 5) is 4.67. The van der Waals surface area contributed by atoms with Gasteiger partial charge in [-0.15, -0.1) is 0 Å². The van der Waals surface area contributed by atoms with Crippen LogP contribution in [-0.4, -0.2) is 9.55 Å². The first-order chi connectivity index (χ1) is 14.8. The van der Waals surface area contributed by atoms with Crippen molar-refractivity contribution in [2.24, 2.45) is 0 Å². The lowest BCUT2D eigenvalue weighted by atomic mass is 10.1. The highest BCUT2D eigenvalue weighted by atomic mass is 16.5. The third kappa shape index (κ3) is 3.61. The Labute approximate surface area is 174 Å². The minimum absolute atomic E-state index is 0.428. The van der Waals surface area contributed by atoms with Gasteiger partial charge in [0.05, 0.1) is 22.8 Å². The van der Waals surface area contributed by atoms with Gasteiger partial charge in [-0.2, -0.15) is 5.26 Å². The summed E-state index contributed by atoms with van der Waals surface area (Å²) in [6, 6.07) is 30.3. The summed E-state index contributed by atoms with van der Waals surface area (Å²) in [6.07, 6.45) is 2.05. The first-order valence-corrected chi connectivity index (χ1v) is 9.84. The van der Waals surface area contributed by atoms with Crippen LogP contribution in [0.25, 0.3) is 21.8 Å². The molecule has 0 spiro atoms. The Bertz CT molecular complexity index is 1390. The van der Waals surface area contributed by atoms with Gasteiger partial charge >= 0.3 is 0 Å². The fourth-order valence-corrected chi connectivity index (χ4v) is 3.68. The highest BCUT2D eigenvalue weighted by Gasteiger charge is 2.05. The van der Waals surface area contributed by atoms with Gasteiger partial charge in [0, 0.05) is 29.0 Å². The maximum absolute atomic E-state index is 9.08. The maximum Gasteiger partial charge on any atom is 0.130 e. The van der Waals surface area contributed by atoms with E-state index in [2.05, 4.69) is 46.1 Å². The van der Waals surface area contributed by atoms with Crippen LogP contribution in [0.15, 0.2) is 91.1 Å². The van der Waals surface area contributed by atoms with E-state index in [1.165, 1.54) is 0 Å². The topological polar surface area (TPSA) is 50.8 Å². The Morgan fingerprint density at radius 1 is 0.867 bits per heavy atom. The number of aromatic nitrogens is 2. The van der Waals surface area contributed by atoms with E-state index in [1.54, 1.807) is 0 Å². The van der Waals surface area contributed by atoms with Gasteiger partial charge in [0.25, 0.3) is 0 Å². The first kappa shape index (κ1) is 18.0. The second-order valence-electron chi connectivity index (χ2n) is 7.26. The Balaban J connectivity index is 1.32. The minimum atomic E-state index is 0.428. The third-order valence-corrected chi connectivity index (χ3v) is 5.19. The highest BCUT2D eigenvalue weighted by molar-refractivity contribution is 5.81. The number of fused-ring (bicyclic) bond motifs is 2. The number of pyridine rings is 1. The van der Waals surface area contributed by atoms with Crippen LogP contribution in [-0.2, 0) is 13.2 Å². The molecule has 0 saturated heterocycles. The molecule has 4 nitrogen and oxygen atoms in total. The number of nitrogens with zero attached hydrogens (tertiary/aromatic N) is 3. The van der Waals surface area contributed by atoms with Crippen molar-refractivity contribution in [1.29, 1.82) is 5.26 Å². The normalized spacial score (nSPS) is 10.9. The molecule has 0 aliphatic carbocycles. The molecule has 0 unspecified atom stereocenters. The molecular weight excluding hydrogens is 370 g/mol. The van der Waals surface area contributed by atoms with E-state index in [4.69, 9.17) is 10.00 Å². The van der Waals surface area contributed by atoms with Crippen LogP contribution in [0.2, 0.25) is 0 Å². The molecule has 5 aromatic rings. The molecule has 30 heavy (non-hydrogen) atoms. The van der Waals surface area contributed by atoms with Crippen molar-refractivity contribution >= 4 is 21.8 Å². The molecule has 5 rings (SSSR count). The van der Waals surface area contributed by atoms with E-state index in [0.29, 0.717) is 12.2 Å². The van der Waals surface area contributed by atoms with E-state index in [-0.39, 0.29) is 0 Å². The maximum atomic E-state index is 9.08. The molecule has 144 valence electrons. The monoisotopic (exact) mass is 389 g/mol. The van der Waals surface area contributed by atoms with Crippen molar-refractivity contribution in [3.63, 3.8) is 0 Å². The molecule has 2 aromatic heterocycles. The van der Waals surface area contributed by atoms with Crippen LogP contribution in [0.4, 0.5) is 0 Å². The number of rotatable bonds is 5. The van der Waals surface area contributed by atoms with Gasteiger partial charge in [0.15, 0.2) is 0 Å². The highest BCUT2D eigenvalue weighted by Crippen LogP contribution is 2.21. The fourth-order valence-electron chi connectivity index (χ4n) is 3.68. The van der Waals surface area contributed by atoms with Gasteiger partial charge < -0.3 is 9.30 Å². The second-order valence-corrected chi connectivity index (χ2v) is 7.26. The molecule has 3 aromatic carbocycles. The van der Waals surface area contributed by atoms with Gasteiger partial charge in [-0.05, 0) is 54.1 Å². The number of para-hydroxylation sites is 1. The molecule has 0 amide bonds. The summed E-state index contributed by atoms with van der Waals surface area (Å²) >= 11 is 0. The van der Waals surface area contributed by atoms with E-state index in [1.807, 2.05) is 60.7 Å². The Morgan fingerprint density at radius 2 is 1.80 bits per heavy atom. The van der Waals surface area contributed by atoms with Crippen LogP contribution < -0.4 is 4.74 Å². The van der Waals surface area contributed by atoms with Crippen molar-refractivity contribution in [2.45, 2.75) is 13.2 Å². The number of hydrogen-bond acceptors (Lipinski definition) is 3. The van der Waals surface area contributed by atoms with E-state index in [9.17, 15) is 0 Å². The summed E-state index contributed by atoms with van der Waals surface area (Å²) in [5.74, 6) is 0.825. The van der Waals surface area contributed by atoms with Gasteiger partial charge in [-0.1, -0.05) is 36.4 Å². The van der Waals surface area contributed by atoms with Crippen molar-refractivity contribution < 1.29 is 4.74 Å². The zero-order valence-corrected chi connectivity index (χ0v) is 16.3. The summed E-state index contributed by atoms with van der Waals surface area (Å²) in [5.41, 5.74) is 4.83. The summed E-state index contributed by atoms with van der Waals surface area (Å²) in [7, 11) is 0. The van der Waals surface area contributed by atoms with E-state index >= 15 is 0 Å². The van der Waals surface area contributed by atoms with Crippen LogP contribution in [0.1, 0.15) is 16.8 Å². The number of hydrogen-bond donors (Lipinski definition) is 0. The molecule has 4 heteroatoms. The Kier molecular flexibility index (Phi) is 4.63. The molecule has 0 atom stereocenters. The smallest absolute Gasteiger partial charge is 0.130 e. The second kappa shape index (κ2) is 7.73. The third-order valence-electron chi connectivity index (χ3n) is 5.19. The quantitative estimate of drug-likeness (QED) is 0.388. The molecule has 0 bridgehead atoms. The van der Waals surface area contributed by atoms with Crippen LogP contribution in [0, 0.1) is 11.3 Å². The van der Waals surface area contributed by atoms with Gasteiger partial charge in [-0.25, -0.2) is 4.98 Å². The summed E-state index contributed by atoms with van der Waals surface area (Å²) in [5, 5.41) is 11.3. The molecule has 0 fully saturated rings. The predicted octanol–water partition coefficient (Wildman–Crippen LogP) is 5.69. The summed E-state index contributed by atoms with van der Waals surface area (Å²) in [6.45, 7) is 1.17. The number of ether oxygens (including phenoxy) is 1. The number of nitriles is 1. The average Bonchev–Trinajstić information content (AvgIpc) is 3.19. The Morgan fingerprint density at radius 3 is 2.73 bits per heavy atom. The zero-order valence-electron chi connectivity index (χ0n) is 16.3. The lowest BCUT2D eigenvalue weighted by Crippen LogP contribution is -2.01. The van der Waals surface area contributed by atoms with Crippen molar-refractivity contribution in [1.82, 2.24) is 9.55 Å². The van der Waals surface area contributed by atoms with Crippen LogP contribution in [0.3, 0.4) is 0 Å². The summed E-state index contributed by atoms with van der Waals surface area (Å²) < 4.78 is 8.19. The molecule has 0 aliphatic rings. The lowest BCUT2D eigenvalue weighted by molar-refractivity contribution is 0.301. The molecule has 0 N–H and O–H groups in total. The lowest BCUT2D eigenvalue weighted by Gasteiger charge is -2.10. The van der Waals surface area contributed by atoms with Crippen LogP contribution >= 0.6 is 0 Å². The van der Waals surface area contributed by atoms with Gasteiger partial charge in [0.2, 0.25) is 0 Å². The van der Waals surface area contributed by atoms with Crippen LogP contribution in [0.5, 0.6) is 5.75 Å². The van der Waals surface area contributed by atoms with Crippen molar-refractivity contribution in [3.8, 4) is 11.8 Å². The SMILES string of the molecule is N#Cc1ccc2c(ccn2Cc2cccc(OCc3ccc4ccccc4n3)c2)c1. The van der Waals surface area contributed by atoms with Gasteiger partial charge in [-0.3, -0.25) is 0 Å². The minimum Gasteiger partial charge on any atom is -0.487 e. The molecular formula is C26H19N3O. The van der Waals surface area contributed by atoms with Crippen molar-refractivity contribution in [3.05, 3.63) is 108 Å². The molecule has 0 radical (unpaired) electrons. The Hall–Kier alpha value is -4.10. The standard InChI is InChI=1S/C26H19N3O/c27-16-19-8-11-26-22(14-19)12-13-29(26)17-20-4-3-6-24(15-20)30-18-23-10-9-21-5-1-2-7-25(21)28-23/h1-15H,17-18H2. The molecule has 0 aliphatic heterocycles. The van der Waals surface area contributed by atoms with Gasteiger partial charge in [0.1, 0.15) is 12.4 Å². The zero-order chi connectivity index (χ0) is 20.3. The molecule has 0 saturated carbocycles. The predicted molar refractivity (Wildman–Crippen MR) is 118 cm³/mol. The van der Waals surface area contributed by atoms with E-state index in [0.717, 1.165) is 45.4 Å². The first-order valence-electron chi connectivity index (χ1n) is 9.84.